The number of nitrogens with zero attached hydrogens (tertiary/aromatic N) is 3. The second kappa shape index (κ2) is 34.3. The van der Waals surface area contributed by atoms with Crippen LogP contribution in [0.1, 0.15) is 137 Å². The maximum Gasteiger partial charge on any atom is 0.408 e. The quantitative estimate of drug-likeness (QED) is 0.0340. The molecule has 9 N–H and O–H groups in total. The van der Waals surface area contributed by atoms with Crippen molar-refractivity contribution in [1.82, 2.24) is 46.6 Å². The Hall–Kier alpha value is -7.44. The molecule has 486 valence electrons. The number of amides is 11. The number of rotatable bonds is 37. The van der Waals surface area contributed by atoms with E-state index in [-0.39, 0.29) is 104 Å². The van der Waals surface area contributed by atoms with Gasteiger partial charge in [0.05, 0.1) is 37.3 Å². The van der Waals surface area contributed by atoms with E-state index in [1.165, 1.54) is 36.5 Å². The van der Waals surface area contributed by atoms with E-state index in [2.05, 4.69) is 68.4 Å². The van der Waals surface area contributed by atoms with Gasteiger partial charge in [-0.3, -0.25) is 43.3 Å². The van der Waals surface area contributed by atoms with Gasteiger partial charge in [0.15, 0.2) is 0 Å². The topological polar surface area (TPSA) is 318 Å². The summed E-state index contributed by atoms with van der Waals surface area (Å²) < 4.78 is 17.6. The molecule has 88 heavy (non-hydrogen) atoms. The Labute approximate surface area is 518 Å². The zero-order chi connectivity index (χ0) is 64.7. The molecule has 0 aromatic heterocycles. The van der Waals surface area contributed by atoms with Crippen LogP contribution >= 0.6 is 0 Å². The highest BCUT2D eigenvalue weighted by atomic mass is 16.5. The first-order chi connectivity index (χ1) is 41.8. The Balaban J connectivity index is 1.08. The fourth-order valence-corrected chi connectivity index (χ4v) is 11.5. The standard InChI is InChI=1S/C64H97N11O13/c1-11-42(4)56(49(86-9)36-53(79)74-35-19-23-48(74)57(87-10)43(5)37-66-40-64(31-32-64)45-20-14-12-15-21-45)73(8)54(80)38-68-60(83)63(6,7)72-62(85)88-39-44-25-27-46(28-26-44)69-58(81)47(22-18-33-67-61(65)84)70-59(82)55(41(2)3)71-50(76)24-16-13-17-34-75-51(77)29-30-52(75)78/h12,14-15,20-21,25-30,41-43,47-49,55-57,66H,11,13,16-19,22-24,31-40H2,1-10H3,(H,68,83)(H,69,81)(H,70,82)(H,71,76)(H,72,85)(H3,65,67,84). The highest BCUT2D eigenvalue weighted by molar-refractivity contribution is 6.12. The van der Waals surface area contributed by atoms with E-state index < -0.39 is 72.1 Å². The minimum atomic E-state index is -1.52. The lowest BCUT2D eigenvalue weighted by Gasteiger charge is -2.39. The zero-order valence-corrected chi connectivity index (χ0v) is 53.2. The molecule has 8 atom stereocenters. The van der Waals surface area contributed by atoms with Crippen LogP contribution in [0.3, 0.4) is 0 Å². The third-order valence-electron chi connectivity index (χ3n) is 17.2. The minimum absolute atomic E-state index is 0.0423. The van der Waals surface area contributed by atoms with Crippen LogP contribution in [0, 0.1) is 17.8 Å². The average molecular weight is 1230 g/mol. The van der Waals surface area contributed by atoms with Crippen molar-refractivity contribution in [3.63, 3.8) is 0 Å². The number of imide groups is 1. The summed E-state index contributed by atoms with van der Waals surface area (Å²) in [5, 5.41) is 19.7. The van der Waals surface area contributed by atoms with E-state index >= 15 is 0 Å². The molecule has 1 aliphatic carbocycles. The van der Waals surface area contributed by atoms with Crippen LogP contribution in [0.2, 0.25) is 0 Å². The van der Waals surface area contributed by atoms with Gasteiger partial charge in [-0.1, -0.05) is 89.9 Å². The number of methoxy groups -OCH3 is 2. The molecule has 24 heteroatoms. The van der Waals surface area contributed by atoms with Crippen molar-refractivity contribution >= 4 is 65.1 Å². The van der Waals surface area contributed by atoms with Crippen LogP contribution in [0.5, 0.6) is 0 Å². The number of unbranched alkanes of at least 4 members (excludes halogenated alkanes) is 2. The molecule has 0 radical (unpaired) electrons. The molecule has 2 aromatic rings. The summed E-state index contributed by atoms with van der Waals surface area (Å²) in [6, 6.07) is 13.5. The van der Waals surface area contributed by atoms with Gasteiger partial charge >= 0.3 is 12.1 Å². The first-order valence-corrected chi connectivity index (χ1v) is 31.0. The highest BCUT2D eigenvalue weighted by Gasteiger charge is 2.45. The molecule has 1 saturated carbocycles. The van der Waals surface area contributed by atoms with Crippen LogP contribution in [-0.2, 0) is 64.6 Å². The van der Waals surface area contributed by atoms with Crippen LogP contribution in [0.4, 0.5) is 15.3 Å². The summed E-state index contributed by atoms with van der Waals surface area (Å²) in [6.45, 7) is 14.6. The molecule has 2 aliphatic heterocycles. The average Bonchev–Trinajstić information content (AvgIpc) is 1.73. The molecule has 11 amide bonds. The number of carbonyl (C=O) groups is 10. The maximum atomic E-state index is 14.3. The third kappa shape index (κ3) is 21.1. The number of primary amides is 1. The molecular formula is C64H97N11O13. The molecule has 5 rings (SSSR count). The molecule has 0 spiro atoms. The molecule has 3 aliphatic rings. The van der Waals surface area contributed by atoms with Crippen molar-refractivity contribution < 1.29 is 62.2 Å². The molecule has 0 bridgehead atoms. The highest BCUT2D eigenvalue weighted by Crippen LogP contribution is 2.47. The van der Waals surface area contributed by atoms with Crippen LogP contribution in [0.15, 0.2) is 66.7 Å². The number of hydrogen-bond acceptors (Lipinski definition) is 14. The van der Waals surface area contributed by atoms with Gasteiger partial charge in [-0.05, 0) is 106 Å². The van der Waals surface area contributed by atoms with E-state index in [0.29, 0.717) is 43.5 Å². The van der Waals surface area contributed by atoms with Gasteiger partial charge in [0.2, 0.25) is 35.4 Å². The molecule has 8 unspecified atom stereocenters. The maximum absolute atomic E-state index is 14.3. The van der Waals surface area contributed by atoms with Crippen LogP contribution in [-0.4, -0.2) is 177 Å². The second-order valence-electron chi connectivity index (χ2n) is 24.6. The van der Waals surface area contributed by atoms with E-state index in [4.69, 9.17) is 19.9 Å². The number of ether oxygens (including phenoxy) is 3. The first-order valence-electron chi connectivity index (χ1n) is 31.0. The summed E-state index contributed by atoms with van der Waals surface area (Å²) in [7, 11) is 4.89. The van der Waals surface area contributed by atoms with Crippen molar-refractivity contribution in [2.75, 3.05) is 65.9 Å². The lowest BCUT2D eigenvalue weighted by atomic mass is 9.90. The molecular weight excluding hydrogens is 1130 g/mol. The van der Waals surface area contributed by atoms with Gasteiger partial charge in [0.25, 0.3) is 11.8 Å². The van der Waals surface area contributed by atoms with Crippen molar-refractivity contribution in [2.24, 2.45) is 23.5 Å². The second-order valence-corrected chi connectivity index (χ2v) is 24.6. The van der Waals surface area contributed by atoms with E-state index in [0.717, 1.165) is 43.7 Å². The van der Waals surface area contributed by atoms with Gasteiger partial charge < -0.3 is 67.0 Å². The number of benzene rings is 2. The lowest BCUT2D eigenvalue weighted by Crippen LogP contribution is -2.57. The summed E-state index contributed by atoms with van der Waals surface area (Å²) in [6.07, 6.45) is 7.37. The van der Waals surface area contributed by atoms with Crippen molar-refractivity contribution in [2.45, 2.75) is 179 Å². The smallest absolute Gasteiger partial charge is 0.408 e. The van der Waals surface area contributed by atoms with Gasteiger partial charge in [0, 0.05) is 83.7 Å². The van der Waals surface area contributed by atoms with Crippen molar-refractivity contribution in [1.29, 1.82) is 0 Å². The first kappa shape index (κ1) is 71.3. The van der Waals surface area contributed by atoms with Crippen molar-refractivity contribution in [3.8, 4) is 0 Å². The Morgan fingerprint density at radius 3 is 2.12 bits per heavy atom. The van der Waals surface area contributed by atoms with Gasteiger partial charge in [-0.2, -0.15) is 0 Å². The Bertz CT molecular complexity index is 2700. The fourth-order valence-electron chi connectivity index (χ4n) is 11.5. The van der Waals surface area contributed by atoms with Gasteiger partial charge in [-0.15, -0.1) is 0 Å². The predicted molar refractivity (Wildman–Crippen MR) is 332 cm³/mol. The number of hydrogen-bond donors (Lipinski definition) is 8. The number of nitrogens with two attached hydrogens (primary N) is 1. The van der Waals surface area contributed by atoms with E-state index in [9.17, 15) is 47.9 Å². The third-order valence-corrected chi connectivity index (χ3v) is 17.2. The summed E-state index contributed by atoms with van der Waals surface area (Å²) in [5.74, 6) is -3.75. The number of urea groups is 1. The Morgan fingerprint density at radius 1 is 0.830 bits per heavy atom. The van der Waals surface area contributed by atoms with Crippen LogP contribution < -0.4 is 43.0 Å². The zero-order valence-electron chi connectivity index (χ0n) is 53.2. The number of nitrogens with one attached hydrogen (secondary N) is 7. The number of alkyl carbamates (subject to hydrolysis) is 1. The fraction of sp³-hybridized carbons (Fsp3) is 0.625. The van der Waals surface area contributed by atoms with Crippen LogP contribution in [0.25, 0.3) is 0 Å². The predicted octanol–water partition coefficient (Wildman–Crippen LogP) is 4.55. The van der Waals surface area contributed by atoms with Crippen molar-refractivity contribution in [3.05, 3.63) is 77.9 Å². The number of carbonyl (C=O) groups excluding carboxylic acids is 10. The van der Waals surface area contributed by atoms with E-state index in [1.807, 2.05) is 24.8 Å². The summed E-state index contributed by atoms with van der Waals surface area (Å²) in [4.78, 5) is 135. The molecule has 2 aromatic carbocycles. The van der Waals surface area contributed by atoms with Gasteiger partial charge in [0.1, 0.15) is 24.2 Å². The monoisotopic (exact) mass is 1230 g/mol. The largest absolute Gasteiger partial charge is 0.445 e. The summed E-state index contributed by atoms with van der Waals surface area (Å²) in [5.41, 5.74) is 6.11. The minimum Gasteiger partial charge on any atom is -0.445 e. The van der Waals surface area contributed by atoms with E-state index in [1.54, 1.807) is 59.4 Å². The SMILES string of the molecule is CCC(C)C(C(CC(=O)N1CCCC1C(OC)C(C)CNCC1(c2ccccc2)CC1)OC)N(C)C(=O)CNC(=O)C(C)(C)NC(=O)OCc1ccc(NC(=O)C(CCCNC(N)=O)NC(=O)C(NC(=O)CCCCCN2C(=O)C=CC2=O)C(C)C)cc1. The molecule has 24 nitrogen and oxygen atoms in total. The van der Waals surface area contributed by atoms with Gasteiger partial charge in [-0.25, -0.2) is 9.59 Å². The lowest BCUT2D eigenvalue weighted by molar-refractivity contribution is -0.144. The molecule has 1 saturated heterocycles. The summed E-state index contributed by atoms with van der Waals surface area (Å²) >= 11 is 0. The Kier molecular flexibility index (Phi) is 27.8. The molecule has 2 heterocycles. The normalized spacial score (nSPS) is 17.6. The Morgan fingerprint density at radius 2 is 1.51 bits per heavy atom. The molecule has 2 fully saturated rings. The number of anilines is 1. The number of likely N-dealkylation sites (N-methyl/N-ethyl adjacent to an activating group) is 1. The number of likely N-dealkylation sites (tertiary alicyclic amines) is 1.